The van der Waals surface area contributed by atoms with E-state index in [2.05, 4.69) is 81.0 Å². The monoisotopic (exact) mass is 626 g/mol. The zero-order valence-corrected chi connectivity index (χ0v) is 29.0. The van der Waals surface area contributed by atoms with Crippen LogP contribution in [0.15, 0.2) is 78.9 Å². The van der Waals surface area contributed by atoms with Gasteiger partial charge in [-0.2, -0.15) is 0 Å². The van der Waals surface area contributed by atoms with Gasteiger partial charge < -0.3 is 19.9 Å². The number of carbonyl (C=O) groups excluding carboxylic acids is 2. The number of hydrogen-bond donors (Lipinski definition) is 1. The van der Waals surface area contributed by atoms with Crippen LogP contribution in [0.4, 0.5) is 0 Å². The van der Waals surface area contributed by atoms with Crippen molar-refractivity contribution in [3.8, 4) is 5.75 Å². The predicted octanol–water partition coefficient (Wildman–Crippen LogP) is 5.91. The van der Waals surface area contributed by atoms with Crippen LogP contribution in [0.1, 0.15) is 63.3 Å². The van der Waals surface area contributed by atoms with Crippen LogP contribution in [0.5, 0.6) is 5.75 Å². The Kier molecular flexibility index (Phi) is 12.4. The number of carbonyl (C=O) groups is 2. The van der Waals surface area contributed by atoms with Gasteiger partial charge in [0.15, 0.2) is 0 Å². The number of nitrogens with zero attached hydrogens (tertiary/aromatic N) is 3. The lowest BCUT2D eigenvalue weighted by Gasteiger charge is -2.36. The number of amides is 2. The summed E-state index contributed by atoms with van der Waals surface area (Å²) in [4.78, 5) is 34.3. The molecular formula is C39H54N4O3. The Labute approximate surface area is 276 Å². The molecule has 0 bridgehead atoms. The molecule has 0 radical (unpaired) electrons. The van der Waals surface area contributed by atoms with E-state index in [1.54, 1.807) is 0 Å². The molecule has 1 aliphatic heterocycles. The average molecular weight is 627 g/mol. The largest absolute Gasteiger partial charge is 0.489 e. The highest BCUT2D eigenvalue weighted by atomic mass is 16.5. The summed E-state index contributed by atoms with van der Waals surface area (Å²) < 4.78 is 5.98. The average Bonchev–Trinajstić information content (AvgIpc) is 3.03. The molecule has 0 spiro atoms. The Bertz CT molecular complexity index is 1380. The fourth-order valence-electron chi connectivity index (χ4n) is 5.86. The molecule has 7 heteroatoms. The minimum atomic E-state index is -0.652. The number of piperazine rings is 1. The summed E-state index contributed by atoms with van der Waals surface area (Å²) in [5.74, 6) is 0.969. The van der Waals surface area contributed by atoms with Gasteiger partial charge >= 0.3 is 0 Å². The van der Waals surface area contributed by atoms with E-state index in [0.29, 0.717) is 45.0 Å². The Hall–Kier alpha value is -3.68. The van der Waals surface area contributed by atoms with E-state index in [0.717, 1.165) is 35.5 Å². The van der Waals surface area contributed by atoms with Crippen molar-refractivity contribution in [1.29, 1.82) is 0 Å². The third-order valence-electron chi connectivity index (χ3n) is 8.82. The number of benzene rings is 3. The van der Waals surface area contributed by atoms with Crippen LogP contribution in [0, 0.1) is 5.92 Å². The summed E-state index contributed by atoms with van der Waals surface area (Å²) in [5.41, 5.74) is 4.63. The molecule has 1 heterocycles. The summed E-state index contributed by atoms with van der Waals surface area (Å²) >= 11 is 0. The standard InChI is InChI=1S/C39H54N4O3/c1-29(2)25-36(42(7)27-31-13-17-33(18-14-31)39(3,4)5)37(44)40-35(38(45)43-23-21-41(6)22-24-43)26-30-15-19-34(20-16-30)46-28-32-11-9-8-10-12-32/h8-20,29,35-36H,21-28H2,1-7H3,(H,40,44)/t35-,36-/m0/s1. The van der Waals surface area contributed by atoms with Crippen molar-refractivity contribution in [3.05, 3.63) is 101 Å². The van der Waals surface area contributed by atoms with Gasteiger partial charge in [-0.25, -0.2) is 0 Å². The van der Waals surface area contributed by atoms with Gasteiger partial charge in [0.1, 0.15) is 18.4 Å². The molecule has 2 amide bonds. The molecule has 1 aliphatic rings. The van der Waals surface area contributed by atoms with Gasteiger partial charge in [0, 0.05) is 39.1 Å². The van der Waals surface area contributed by atoms with Gasteiger partial charge in [0.2, 0.25) is 11.8 Å². The molecule has 0 unspecified atom stereocenters. The molecule has 3 aromatic rings. The van der Waals surface area contributed by atoms with Crippen molar-refractivity contribution in [2.75, 3.05) is 40.3 Å². The van der Waals surface area contributed by atoms with Crippen LogP contribution in [-0.2, 0) is 34.6 Å². The maximum atomic E-state index is 14.1. The third-order valence-corrected chi connectivity index (χ3v) is 8.82. The summed E-state index contributed by atoms with van der Waals surface area (Å²) in [5, 5.41) is 3.22. The first-order chi connectivity index (χ1) is 21.9. The lowest BCUT2D eigenvalue weighted by atomic mass is 9.86. The molecule has 0 saturated carbocycles. The molecule has 1 N–H and O–H groups in total. The SMILES string of the molecule is CC(C)C[C@@H](C(=O)N[C@@H](Cc1ccc(OCc2ccccc2)cc1)C(=O)N1CCN(C)CC1)N(C)Cc1ccc(C(C)(C)C)cc1. The Morgan fingerprint density at radius 3 is 2.04 bits per heavy atom. The third kappa shape index (κ3) is 10.4. The number of likely N-dealkylation sites (N-methyl/N-ethyl adjacent to an activating group) is 2. The first-order valence-corrected chi connectivity index (χ1v) is 16.7. The van der Waals surface area contributed by atoms with Crippen LogP contribution >= 0.6 is 0 Å². The quantitative estimate of drug-likeness (QED) is 0.256. The normalized spacial score (nSPS) is 15.5. The fourth-order valence-corrected chi connectivity index (χ4v) is 5.86. The predicted molar refractivity (Wildman–Crippen MR) is 187 cm³/mol. The fraction of sp³-hybridized carbons (Fsp3) is 0.487. The number of ether oxygens (including phenoxy) is 1. The molecule has 7 nitrogen and oxygen atoms in total. The second kappa shape index (κ2) is 16.2. The molecule has 3 aromatic carbocycles. The molecule has 248 valence electrons. The van der Waals surface area contributed by atoms with Crippen LogP contribution in [-0.4, -0.2) is 78.9 Å². The van der Waals surface area contributed by atoms with Crippen molar-refractivity contribution >= 4 is 11.8 Å². The summed E-state index contributed by atoms with van der Waals surface area (Å²) in [6, 6.07) is 25.6. The van der Waals surface area contributed by atoms with Gasteiger partial charge in [0.25, 0.3) is 0 Å². The van der Waals surface area contributed by atoms with E-state index in [9.17, 15) is 9.59 Å². The minimum absolute atomic E-state index is 0.0189. The van der Waals surface area contributed by atoms with Crippen LogP contribution < -0.4 is 10.1 Å². The van der Waals surface area contributed by atoms with E-state index in [-0.39, 0.29) is 23.3 Å². The topological polar surface area (TPSA) is 65.1 Å². The van der Waals surface area contributed by atoms with Crippen molar-refractivity contribution in [2.24, 2.45) is 5.92 Å². The van der Waals surface area contributed by atoms with Gasteiger partial charge in [-0.15, -0.1) is 0 Å². The van der Waals surface area contributed by atoms with Gasteiger partial charge in [-0.1, -0.05) is 101 Å². The number of hydrogen-bond acceptors (Lipinski definition) is 5. The molecule has 46 heavy (non-hydrogen) atoms. The maximum Gasteiger partial charge on any atom is 0.245 e. The molecular weight excluding hydrogens is 572 g/mol. The Morgan fingerprint density at radius 2 is 1.46 bits per heavy atom. The second-order valence-corrected chi connectivity index (χ2v) is 14.3. The highest BCUT2D eigenvalue weighted by molar-refractivity contribution is 5.90. The summed E-state index contributed by atoms with van der Waals surface area (Å²) in [7, 11) is 4.08. The van der Waals surface area contributed by atoms with E-state index in [4.69, 9.17) is 4.74 Å². The van der Waals surface area contributed by atoms with Crippen molar-refractivity contribution < 1.29 is 14.3 Å². The first-order valence-electron chi connectivity index (χ1n) is 16.7. The highest BCUT2D eigenvalue weighted by Crippen LogP contribution is 2.23. The zero-order chi connectivity index (χ0) is 33.3. The van der Waals surface area contributed by atoms with Crippen molar-refractivity contribution in [3.63, 3.8) is 0 Å². The van der Waals surface area contributed by atoms with Crippen molar-refractivity contribution in [2.45, 2.75) is 78.1 Å². The summed E-state index contributed by atoms with van der Waals surface area (Å²) in [6.07, 6.45) is 1.12. The Balaban J connectivity index is 1.48. The second-order valence-electron chi connectivity index (χ2n) is 14.3. The molecule has 0 aromatic heterocycles. The van der Waals surface area contributed by atoms with Crippen molar-refractivity contribution in [1.82, 2.24) is 20.0 Å². The Morgan fingerprint density at radius 1 is 0.848 bits per heavy atom. The lowest BCUT2D eigenvalue weighted by molar-refractivity contribution is -0.139. The smallest absolute Gasteiger partial charge is 0.245 e. The molecule has 0 aliphatic carbocycles. The molecule has 4 rings (SSSR count). The summed E-state index contributed by atoms with van der Waals surface area (Å²) in [6.45, 7) is 15.0. The van der Waals surface area contributed by atoms with Crippen LogP contribution in [0.2, 0.25) is 0 Å². The minimum Gasteiger partial charge on any atom is -0.489 e. The molecule has 1 saturated heterocycles. The lowest BCUT2D eigenvalue weighted by Crippen LogP contribution is -2.57. The van der Waals surface area contributed by atoms with E-state index in [1.807, 2.05) is 66.5 Å². The van der Waals surface area contributed by atoms with Gasteiger partial charge in [-0.05, 0) is 66.2 Å². The number of rotatable bonds is 13. The van der Waals surface area contributed by atoms with E-state index >= 15 is 0 Å². The zero-order valence-electron chi connectivity index (χ0n) is 29.0. The van der Waals surface area contributed by atoms with Gasteiger partial charge in [0.05, 0.1) is 6.04 Å². The highest BCUT2D eigenvalue weighted by Gasteiger charge is 2.32. The maximum absolute atomic E-state index is 14.1. The van der Waals surface area contributed by atoms with Crippen LogP contribution in [0.25, 0.3) is 0 Å². The van der Waals surface area contributed by atoms with E-state index in [1.165, 1.54) is 5.56 Å². The van der Waals surface area contributed by atoms with E-state index < -0.39 is 6.04 Å². The molecule has 2 atom stereocenters. The van der Waals surface area contributed by atoms with Gasteiger partial charge in [-0.3, -0.25) is 14.5 Å². The number of nitrogens with one attached hydrogen (secondary N) is 1. The molecule has 1 fully saturated rings. The van der Waals surface area contributed by atoms with Crippen LogP contribution in [0.3, 0.4) is 0 Å². The first kappa shape index (κ1) is 35.2.